The third-order valence-electron chi connectivity index (χ3n) is 4.89. The number of allylic oxidation sites excluding steroid dienone is 1. The summed E-state index contributed by atoms with van der Waals surface area (Å²) in [6.07, 6.45) is 4.47. The summed E-state index contributed by atoms with van der Waals surface area (Å²) in [5, 5.41) is 10.3. The molecule has 2 heteroatoms. The average molecular weight is 220 g/mol. The molecule has 3 atom stereocenters. The molecule has 3 aliphatic carbocycles. The Morgan fingerprint density at radius 3 is 2.81 bits per heavy atom. The van der Waals surface area contributed by atoms with E-state index in [1.54, 1.807) is 0 Å². The molecule has 1 fully saturated rings. The number of carbonyl (C=O) groups is 1. The summed E-state index contributed by atoms with van der Waals surface area (Å²) in [5.74, 6) is 1.30. The van der Waals surface area contributed by atoms with Crippen molar-refractivity contribution in [3.05, 3.63) is 11.1 Å². The number of hydrogen-bond acceptors (Lipinski definition) is 2. The van der Waals surface area contributed by atoms with E-state index in [0.29, 0.717) is 17.6 Å². The predicted octanol–water partition coefficient (Wildman–Crippen LogP) is 2.46. The van der Waals surface area contributed by atoms with Crippen LogP contribution in [-0.4, -0.2) is 17.0 Å². The normalized spacial score (nSPS) is 41.2. The van der Waals surface area contributed by atoms with E-state index in [9.17, 15) is 9.90 Å². The Balaban J connectivity index is 1.90. The summed E-state index contributed by atoms with van der Waals surface area (Å²) in [5.41, 5.74) is 2.67. The molecule has 2 nitrogen and oxygen atoms in total. The van der Waals surface area contributed by atoms with Gasteiger partial charge in [-0.3, -0.25) is 4.79 Å². The third-order valence-corrected chi connectivity index (χ3v) is 4.89. The Labute approximate surface area is 96.7 Å². The van der Waals surface area contributed by atoms with E-state index in [4.69, 9.17) is 0 Å². The molecule has 0 spiro atoms. The van der Waals surface area contributed by atoms with E-state index >= 15 is 0 Å². The van der Waals surface area contributed by atoms with Crippen LogP contribution in [0.15, 0.2) is 11.1 Å². The minimum absolute atomic E-state index is 0.00759. The van der Waals surface area contributed by atoms with Gasteiger partial charge in [0.25, 0.3) is 0 Å². The van der Waals surface area contributed by atoms with Crippen molar-refractivity contribution >= 4 is 5.78 Å². The van der Waals surface area contributed by atoms with Gasteiger partial charge in [-0.15, -0.1) is 0 Å². The first-order valence-electron chi connectivity index (χ1n) is 6.40. The lowest BCUT2D eigenvalue weighted by Crippen LogP contribution is -2.27. The first kappa shape index (κ1) is 10.5. The van der Waals surface area contributed by atoms with Crippen LogP contribution in [0.1, 0.15) is 46.0 Å². The number of aliphatic hydroxyl groups is 1. The second kappa shape index (κ2) is 3.19. The van der Waals surface area contributed by atoms with Crippen LogP contribution in [0.3, 0.4) is 0 Å². The molecule has 0 aromatic rings. The summed E-state index contributed by atoms with van der Waals surface area (Å²) in [6, 6.07) is 0. The van der Waals surface area contributed by atoms with E-state index in [-0.39, 0.29) is 11.5 Å². The molecule has 0 amide bonds. The van der Waals surface area contributed by atoms with Crippen LogP contribution in [-0.2, 0) is 4.79 Å². The van der Waals surface area contributed by atoms with E-state index in [2.05, 4.69) is 13.8 Å². The zero-order chi connectivity index (χ0) is 11.5. The molecule has 1 saturated carbocycles. The van der Waals surface area contributed by atoms with Crippen molar-refractivity contribution in [2.24, 2.45) is 17.3 Å². The maximum atomic E-state index is 11.8. The Morgan fingerprint density at radius 2 is 2.06 bits per heavy atom. The Morgan fingerprint density at radius 1 is 1.31 bits per heavy atom. The minimum Gasteiger partial charge on any atom is -0.388 e. The molecule has 0 aromatic heterocycles. The summed E-state index contributed by atoms with van der Waals surface area (Å²) in [7, 11) is 0. The molecule has 3 unspecified atom stereocenters. The Hall–Kier alpha value is -0.630. The molecule has 0 radical (unpaired) electrons. The quantitative estimate of drug-likeness (QED) is 0.637. The molecule has 0 aliphatic heterocycles. The van der Waals surface area contributed by atoms with Crippen LogP contribution in [0.5, 0.6) is 0 Å². The van der Waals surface area contributed by atoms with Gasteiger partial charge < -0.3 is 5.11 Å². The maximum absolute atomic E-state index is 11.8. The highest BCUT2D eigenvalue weighted by Gasteiger charge is 2.47. The monoisotopic (exact) mass is 220 g/mol. The van der Waals surface area contributed by atoms with Crippen molar-refractivity contribution in [3.63, 3.8) is 0 Å². The Bertz CT molecular complexity index is 378. The second-order valence-electron chi connectivity index (χ2n) is 6.48. The maximum Gasteiger partial charge on any atom is 0.136 e. The highest BCUT2D eigenvalue weighted by Crippen LogP contribution is 2.52. The molecule has 0 saturated heterocycles. The number of rotatable bonds is 0. The van der Waals surface area contributed by atoms with Crippen molar-refractivity contribution in [2.45, 2.75) is 52.1 Å². The van der Waals surface area contributed by atoms with Crippen LogP contribution in [0.25, 0.3) is 0 Å². The van der Waals surface area contributed by atoms with Gasteiger partial charge in [0.1, 0.15) is 5.78 Å². The highest BCUT2D eigenvalue weighted by atomic mass is 16.3. The SMILES string of the molecule is CC1(C)CC2=C(CC3CCC(=O)C3C2)C1O. The average Bonchev–Trinajstić information content (AvgIpc) is 2.67. The standard InChI is InChI=1S/C14H20O2/c1-14(2)7-9-6-10-8(3-4-12(10)15)5-11(9)13(14)16/h8,10,13,16H,3-7H2,1-2H3. The van der Waals surface area contributed by atoms with E-state index < -0.39 is 0 Å². The number of hydrogen-bond donors (Lipinski definition) is 1. The fraction of sp³-hybridized carbons (Fsp3) is 0.786. The summed E-state index contributed by atoms with van der Waals surface area (Å²) in [4.78, 5) is 11.8. The molecule has 88 valence electrons. The minimum atomic E-state index is -0.265. The fourth-order valence-electron chi connectivity index (χ4n) is 3.93. The molecular formula is C14H20O2. The van der Waals surface area contributed by atoms with Gasteiger partial charge in [-0.25, -0.2) is 0 Å². The van der Waals surface area contributed by atoms with Gasteiger partial charge in [0.2, 0.25) is 0 Å². The number of fused-ring (bicyclic) bond motifs is 1. The summed E-state index contributed by atoms with van der Waals surface area (Å²) in [6.45, 7) is 4.27. The van der Waals surface area contributed by atoms with Crippen LogP contribution in [0.4, 0.5) is 0 Å². The lowest BCUT2D eigenvalue weighted by molar-refractivity contribution is -0.121. The fourth-order valence-corrected chi connectivity index (χ4v) is 3.93. The van der Waals surface area contributed by atoms with E-state index in [1.807, 2.05) is 0 Å². The number of carbonyl (C=O) groups excluding carboxylic acids is 1. The number of ketones is 1. The lowest BCUT2D eigenvalue weighted by Gasteiger charge is -2.28. The molecule has 0 bridgehead atoms. The third kappa shape index (κ3) is 1.32. The van der Waals surface area contributed by atoms with Crippen molar-refractivity contribution in [1.82, 2.24) is 0 Å². The molecule has 0 heterocycles. The van der Waals surface area contributed by atoms with Crippen molar-refractivity contribution < 1.29 is 9.90 Å². The van der Waals surface area contributed by atoms with Gasteiger partial charge in [0.15, 0.2) is 0 Å². The van der Waals surface area contributed by atoms with Crippen molar-refractivity contribution in [3.8, 4) is 0 Å². The van der Waals surface area contributed by atoms with Gasteiger partial charge in [0, 0.05) is 12.3 Å². The number of aliphatic hydroxyl groups excluding tert-OH is 1. The second-order valence-corrected chi connectivity index (χ2v) is 6.48. The largest absolute Gasteiger partial charge is 0.388 e. The lowest BCUT2D eigenvalue weighted by atomic mass is 9.78. The topological polar surface area (TPSA) is 37.3 Å². The molecule has 0 aromatic carbocycles. The molecule has 1 N–H and O–H groups in total. The molecule has 16 heavy (non-hydrogen) atoms. The zero-order valence-electron chi connectivity index (χ0n) is 10.1. The zero-order valence-corrected chi connectivity index (χ0v) is 10.1. The van der Waals surface area contributed by atoms with Crippen LogP contribution in [0, 0.1) is 17.3 Å². The van der Waals surface area contributed by atoms with Crippen LogP contribution in [0.2, 0.25) is 0 Å². The first-order chi connectivity index (χ1) is 7.49. The van der Waals surface area contributed by atoms with E-state index in [1.165, 1.54) is 11.1 Å². The molecule has 3 rings (SSSR count). The van der Waals surface area contributed by atoms with Gasteiger partial charge >= 0.3 is 0 Å². The smallest absolute Gasteiger partial charge is 0.136 e. The summed E-state index contributed by atoms with van der Waals surface area (Å²) >= 11 is 0. The van der Waals surface area contributed by atoms with Crippen LogP contribution >= 0.6 is 0 Å². The van der Waals surface area contributed by atoms with Gasteiger partial charge in [0.05, 0.1) is 6.10 Å². The molecular weight excluding hydrogens is 200 g/mol. The van der Waals surface area contributed by atoms with E-state index in [0.717, 1.165) is 32.1 Å². The van der Waals surface area contributed by atoms with Gasteiger partial charge in [-0.05, 0) is 42.6 Å². The van der Waals surface area contributed by atoms with Crippen LogP contribution < -0.4 is 0 Å². The summed E-state index contributed by atoms with van der Waals surface area (Å²) < 4.78 is 0. The predicted molar refractivity (Wildman–Crippen MR) is 61.9 cm³/mol. The van der Waals surface area contributed by atoms with Crippen molar-refractivity contribution in [1.29, 1.82) is 0 Å². The Kier molecular flexibility index (Phi) is 2.10. The highest BCUT2D eigenvalue weighted by molar-refractivity contribution is 5.84. The van der Waals surface area contributed by atoms with Gasteiger partial charge in [-0.1, -0.05) is 19.4 Å². The van der Waals surface area contributed by atoms with Gasteiger partial charge in [-0.2, -0.15) is 0 Å². The molecule has 3 aliphatic rings. The number of Topliss-reactive ketones (excluding diaryl/α,β-unsaturated/α-hetero) is 1. The van der Waals surface area contributed by atoms with Crippen molar-refractivity contribution in [2.75, 3.05) is 0 Å². The first-order valence-corrected chi connectivity index (χ1v) is 6.40.